The van der Waals surface area contributed by atoms with Crippen molar-refractivity contribution in [1.82, 2.24) is 15.1 Å². The molecule has 0 radical (unpaired) electrons. The molecule has 1 aliphatic heterocycles. The molecule has 1 amide bonds. The number of hydrogen-bond donors (Lipinski definition) is 1. The van der Waals surface area contributed by atoms with Crippen molar-refractivity contribution >= 4 is 35.8 Å². The normalized spacial score (nSPS) is 19.7. The van der Waals surface area contributed by atoms with Gasteiger partial charge in [0.2, 0.25) is 5.91 Å². The summed E-state index contributed by atoms with van der Waals surface area (Å²) in [5.41, 5.74) is 1.33. The van der Waals surface area contributed by atoms with Gasteiger partial charge < -0.3 is 19.9 Å². The van der Waals surface area contributed by atoms with Gasteiger partial charge in [0.15, 0.2) is 5.96 Å². The van der Waals surface area contributed by atoms with Crippen molar-refractivity contribution in [3.8, 4) is 5.75 Å². The summed E-state index contributed by atoms with van der Waals surface area (Å²) in [6, 6.07) is 8.85. The van der Waals surface area contributed by atoms with Gasteiger partial charge in [0.1, 0.15) is 12.3 Å². The van der Waals surface area contributed by atoms with Crippen LogP contribution in [0.15, 0.2) is 29.3 Å². The van der Waals surface area contributed by atoms with E-state index in [9.17, 15) is 4.79 Å². The molecule has 26 heavy (non-hydrogen) atoms. The van der Waals surface area contributed by atoms with Crippen LogP contribution in [-0.2, 0) is 4.79 Å². The van der Waals surface area contributed by atoms with E-state index in [1.54, 1.807) is 26.1 Å². The number of likely N-dealkylation sites (tertiary alicyclic amines) is 1. The summed E-state index contributed by atoms with van der Waals surface area (Å²) in [6.45, 7) is 2.10. The first-order valence-electron chi connectivity index (χ1n) is 8.97. The third kappa shape index (κ3) is 5.49. The van der Waals surface area contributed by atoms with Gasteiger partial charge >= 0.3 is 0 Å². The average Bonchev–Trinajstić information content (AvgIpc) is 3.31. The molecule has 0 aromatic heterocycles. The maximum Gasteiger partial charge on any atom is 0.243 e. The van der Waals surface area contributed by atoms with Crippen LogP contribution >= 0.6 is 24.0 Å². The molecular weight excluding hydrogens is 443 g/mol. The lowest BCUT2D eigenvalue weighted by molar-refractivity contribution is -0.127. The van der Waals surface area contributed by atoms with E-state index in [0.717, 1.165) is 31.2 Å². The first-order chi connectivity index (χ1) is 12.1. The number of ether oxygens (including phenoxy) is 1. The lowest BCUT2D eigenvalue weighted by atomic mass is 9.98. The second-order valence-electron chi connectivity index (χ2n) is 7.05. The van der Waals surface area contributed by atoms with Gasteiger partial charge in [-0.1, -0.05) is 12.1 Å². The molecule has 0 spiro atoms. The zero-order valence-corrected chi connectivity index (χ0v) is 18.1. The summed E-state index contributed by atoms with van der Waals surface area (Å²) in [5.74, 6) is 2.29. The number of carbonyl (C=O) groups excluding carboxylic acids is 1. The van der Waals surface area contributed by atoms with Crippen LogP contribution in [0.3, 0.4) is 0 Å². The first kappa shape index (κ1) is 20.8. The molecule has 1 aromatic rings. The van der Waals surface area contributed by atoms with Gasteiger partial charge in [-0.2, -0.15) is 0 Å². The SMILES string of the molecule is COc1ccc(C2CCN(C(=NCC(=O)N(C)C)NC3CC3)C2)cc1.I. The van der Waals surface area contributed by atoms with Gasteiger partial charge in [0, 0.05) is 39.1 Å². The highest BCUT2D eigenvalue weighted by molar-refractivity contribution is 14.0. The highest BCUT2D eigenvalue weighted by Crippen LogP contribution is 2.29. The lowest BCUT2D eigenvalue weighted by Gasteiger charge is -2.22. The quantitative estimate of drug-likeness (QED) is 0.406. The smallest absolute Gasteiger partial charge is 0.243 e. The number of nitrogens with zero attached hydrogens (tertiary/aromatic N) is 3. The molecule has 144 valence electrons. The Morgan fingerprint density at radius 3 is 2.54 bits per heavy atom. The topological polar surface area (TPSA) is 57.2 Å². The van der Waals surface area contributed by atoms with Gasteiger partial charge in [-0.25, -0.2) is 4.99 Å². The Kier molecular flexibility index (Phi) is 7.55. The minimum atomic E-state index is 0. The van der Waals surface area contributed by atoms with Crippen molar-refractivity contribution in [2.24, 2.45) is 4.99 Å². The van der Waals surface area contributed by atoms with Gasteiger partial charge in [-0.05, 0) is 37.0 Å². The van der Waals surface area contributed by atoms with E-state index in [4.69, 9.17) is 4.74 Å². The van der Waals surface area contributed by atoms with E-state index in [1.165, 1.54) is 18.4 Å². The lowest BCUT2D eigenvalue weighted by Crippen LogP contribution is -2.42. The highest BCUT2D eigenvalue weighted by atomic mass is 127. The van der Waals surface area contributed by atoms with Gasteiger partial charge in [-0.15, -0.1) is 24.0 Å². The fourth-order valence-corrected chi connectivity index (χ4v) is 3.03. The average molecular weight is 472 g/mol. The number of rotatable bonds is 5. The fraction of sp³-hybridized carbons (Fsp3) is 0.579. The van der Waals surface area contributed by atoms with Crippen molar-refractivity contribution in [3.05, 3.63) is 29.8 Å². The van der Waals surface area contributed by atoms with E-state index in [0.29, 0.717) is 12.0 Å². The molecule has 7 heteroatoms. The van der Waals surface area contributed by atoms with Crippen LogP contribution in [0.5, 0.6) is 5.75 Å². The monoisotopic (exact) mass is 472 g/mol. The predicted molar refractivity (Wildman–Crippen MR) is 114 cm³/mol. The second-order valence-corrected chi connectivity index (χ2v) is 7.05. The number of amides is 1. The first-order valence-corrected chi connectivity index (χ1v) is 8.97. The molecule has 1 heterocycles. The molecule has 2 fully saturated rings. The Bertz CT molecular complexity index is 629. The number of nitrogens with one attached hydrogen (secondary N) is 1. The Labute approximate surface area is 173 Å². The van der Waals surface area contributed by atoms with Crippen LogP contribution in [0.4, 0.5) is 0 Å². The maximum absolute atomic E-state index is 11.9. The number of methoxy groups -OCH3 is 1. The summed E-state index contributed by atoms with van der Waals surface area (Å²) in [7, 11) is 5.22. The molecule has 1 aliphatic carbocycles. The van der Waals surface area contributed by atoms with Crippen molar-refractivity contribution in [2.75, 3.05) is 40.8 Å². The molecule has 1 atom stereocenters. The number of likely N-dealkylation sites (N-methyl/N-ethyl adjacent to an activating group) is 1. The van der Waals surface area contributed by atoms with Crippen LogP contribution in [0.25, 0.3) is 0 Å². The van der Waals surface area contributed by atoms with E-state index < -0.39 is 0 Å². The minimum absolute atomic E-state index is 0. The molecule has 1 saturated carbocycles. The van der Waals surface area contributed by atoms with Crippen molar-refractivity contribution in [3.63, 3.8) is 0 Å². The van der Waals surface area contributed by atoms with Crippen LogP contribution in [0.2, 0.25) is 0 Å². The van der Waals surface area contributed by atoms with Crippen LogP contribution in [0, 0.1) is 0 Å². The number of aliphatic imine (C=N–C) groups is 1. The molecule has 6 nitrogen and oxygen atoms in total. The van der Waals surface area contributed by atoms with Gasteiger partial charge in [-0.3, -0.25) is 4.79 Å². The van der Waals surface area contributed by atoms with Crippen LogP contribution < -0.4 is 10.1 Å². The fourth-order valence-electron chi connectivity index (χ4n) is 3.03. The molecule has 0 bridgehead atoms. The third-order valence-corrected chi connectivity index (χ3v) is 4.85. The summed E-state index contributed by atoms with van der Waals surface area (Å²) in [4.78, 5) is 20.3. The molecule has 1 unspecified atom stereocenters. The zero-order chi connectivity index (χ0) is 17.8. The van der Waals surface area contributed by atoms with E-state index in [-0.39, 0.29) is 36.4 Å². The molecule has 1 aromatic carbocycles. The number of carbonyl (C=O) groups is 1. The summed E-state index contributed by atoms with van der Waals surface area (Å²) in [5, 5.41) is 3.50. The standard InChI is InChI=1S/C19H28N4O2.HI/c1-22(2)18(24)12-20-19(21-16-6-7-16)23-11-10-15(13-23)14-4-8-17(25-3)9-5-14;/h4-5,8-9,15-16H,6-7,10-13H2,1-3H3,(H,20,21);1H. The number of halogens is 1. The van der Waals surface area contributed by atoms with E-state index in [2.05, 4.69) is 27.3 Å². The number of guanidine groups is 1. The molecule has 1 saturated heterocycles. The molecule has 1 N–H and O–H groups in total. The largest absolute Gasteiger partial charge is 0.497 e. The molecule has 2 aliphatic rings. The number of hydrogen-bond acceptors (Lipinski definition) is 3. The van der Waals surface area contributed by atoms with Gasteiger partial charge in [0.25, 0.3) is 0 Å². The maximum atomic E-state index is 11.9. The van der Waals surface area contributed by atoms with Crippen LogP contribution in [-0.4, -0.2) is 68.5 Å². The van der Waals surface area contributed by atoms with Crippen molar-refractivity contribution in [2.45, 2.75) is 31.2 Å². The zero-order valence-electron chi connectivity index (χ0n) is 15.8. The number of benzene rings is 1. The predicted octanol–water partition coefficient (Wildman–Crippen LogP) is 2.30. The molecular formula is C19H29IN4O2. The minimum Gasteiger partial charge on any atom is -0.497 e. The van der Waals surface area contributed by atoms with Crippen LogP contribution in [0.1, 0.15) is 30.7 Å². The summed E-state index contributed by atoms with van der Waals surface area (Å²) >= 11 is 0. The van der Waals surface area contributed by atoms with Gasteiger partial charge in [0.05, 0.1) is 7.11 Å². The highest BCUT2D eigenvalue weighted by Gasteiger charge is 2.30. The molecule has 3 rings (SSSR count). The van der Waals surface area contributed by atoms with Crippen molar-refractivity contribution < 1.29 is 9.53 Å². The Balaban J connectivity index is 0.00000243. The Morgan fingerprint density at radius 2 is 1.96 bits per heavy atom. The Morgan fingerprint density at radius 1 is 1.27 bits per heavy atom. The van der Waals surface area contributed by atoms with E-state index >= 15 is 0 Å². The Hall–Kier alpha value is -1.51. The summed E-state index contributed by atoms with van der Waals surface area (Å²) < 4.78 is 5.24. The summed E-state index contributed by atoms with van der Waals surface area (Å²) in [6.07, 6.45) is 3.48. The van der Waals surface area contributed by atoms with E-state index in [1.807, 2.05) is 12.1 Å². The van der Waals surface area contributed by atoms with Crippen molar-refractivity contribution in [1.29, 1.82) is 0 Å². The second kappa shape index (κ2) is 9.43. The third-order valence-electron chi connectivity index (χ3n) is 4.85.